The molecule has 0 radical (unpaired) electrons. The Morgan fingerprint density at radius 2 is 1.81 bits per heavy atom. The van der Waals surface area contributed by atoms with Crippen LogP contribution in [0.15, 0.2) is 18.3 Å². The Morgan fingerprint density at radius 3 is 2.19 bits per heavy atom. The minimum atomic E-state index is -2.68. The molecule has 0 atom stereocenters. The van der Waals surface area contributed by atoms with Crippen LogP contribution in [0, 0.1) is 0 Å². The number of nitrogens with two attached hydrogens (primary N) is 1. The Labute approximate surface area is 126 Å². The summed E-state index contributed by atoms with van der Waals surface area (Å²) in [6.07, 6.45) is 0.898. The molecule has 1 aromatic heterocycles. The molecule has 3 nitrogen and oxygen atoms in total. The molecule has 1 aliphatic carbocycles. The molecule has 1 fully saturated rings. The summed E-state index contributed by atoms with van der Waals surface area (Å²) in [5, 5.41) is -0.0430. The molecule has 21 heavy (non-hydrogen) atoms. The standard InChI is InChI=1S/C15H24F2N2OSi/c1-13(2,3)21(4,5)20-14(9-15(16,17)10-14)12-7-6-11(18)8-19-12/h6-8H,9-10,18H2,1-5H3. The molecule has 1 heterocycles. The van der Waals surface area contributed by atoms with Crippen LogP contribution < -0.4 is 5.73 Å². The zero-order chi connectivity index (χ0) is 16.1. The predicted molar refractivity (Wildman–Crippen MR) is 82.8 cm³/mol. The van der Waals surface area contributed by atoms with Crippen molar-refractivity contribution in [3.8, 4) is 0 Å². The van der Waals surface area contributed by atoms with E-state index in [4.69, 9.17) is 10.2 Å². The molecule has 0 aromatic carbocycles. The Hall–Kier alpha value is -1.01. The summed E-state index contributed by atoms with van der Waals surface area (Å²) in [7, 11) is -2.17. The summed E-state index contributed by atoms with van der Waals surface area (Å²) < 4.78 is 33.4. The number of nitrogen functional groups attached to an aromatic ring is 1. The lowest BCUT2D eigenvalue weighted by Crippen LogP contribution is -2.58. The van der Waals surface area contributed by atoms with Gasteiger partial charge in [-0.3, -0.25) is 4.98 Å². The number of alkyl halides is 2. The summed E-state index contributed by atoms with van der Waals surface area (Å²) in [6, 6.07) is 3.40. The topological polar surface area (TPSA) is 48.1 Å². The van der Waals surface area contributed by atoms with Crippen molar-refractivity contribution in [2.24, 2.45) is 0 Å². The zero-order valence-electron chi connectivity index (χ0n) is 13.3. The van der Waals surface area contributed by atoms with Gasteiger partial charge in [-0.2, -0.15) is 0 Å². The molecular formula is C15H24F2N2OSi. The van der Waals surface area contributed by atoms with Crippen LogP contribution in [0.2, 0.25) is 18.1 Å². The van der Waals surface area contributed by atoms with Crippen molar-refractivity contribution in [1.29, 1.82) is 0 Å². The highest BCUT2D eigenvalue weighted by Gasteiger charge is 2.61. The first-order chi connectivity index (χ1) is 9.37. The minimum absolute atomic E-state index is 0.0430. The Balaban J connectivity index is 2.34. The van der Waals surface area contributed by atoms with Gasteiger partial charge >= 0.3 is 0 Å². The normalized spacial score (nSPS) is 20.9. The van der Waals surface area contributed by atoms with Crippen LogP contribution in [0.1, 0.15) is 39.3 Å². The molecule has 1 aromatic rings. The fraction of sp³-hybridized carbons (Fsp3) is 0.667. The maximum absolute atomic E-state index is 13.6. The van der Waals surface area contributed by atoms with E-state index in [0.717, 1.165) is 0 Å². The number of aromatic nitrogens is 1. The van der Waals surface area contributed by atoms with E-state index in [1.807, 2.05) is 0 Å². The van der Waals surface area contributed by atoms with Gasteiger partial charge in [-0.05, 0) is 30.3 Å². The van der Waals surface area contributed by atoms with Crippen LogP contribution in [-0.4, -0.2) is 19.2 Å². The number of anilines is 1. The Kier molecular flexibility index (Phi) is 3.69. The second kappa shape index (κ2) is 4.74. The molecule has 0 unspecified atom stereocenters. The van der Waals surface area contributed by atoms with Gasteiger partial charge in [0, 0.05) is 12.8 Å². The molecule has 0 bridgehead atoms. The second-order valence-corrected chi connectivity index (χ2v) is 12.3. The number of pyridine rings is 1. The van der Waals surface area contributed by atoms with Crippen molar-refractivity contribution in [1.82, 2.24) is 4.98 Å². The van der Waals surface area contributed by atoms with Crippen molar-refractivity contribution >= 4 is 14.0 Å². The van der Waals surface area contributed by atoms with Gasteiger partial charge in [0.1, 0.15) is 5.60 Å². The van der Waals surface area contributed by atoms with E-state index >= 15 is 0 Å². The van der Waals surface area contributed by atoms with Crippen molar-refractivity contribution in [3.63, 3.8) is 0 Å². The highest BCUT2D eigenvalue weighted by atomic mass is 28.4. The summed E-state index contributed by atoms with van der Waals surface area (Å²) in [6.45, 7) is 10.4. The van der Waals surface area contributed by atoms with Crippen molar-refractivity contribution in [3.05, 3.63) is 24.0 Å². The maximum Gasteiger partial charge on any atom is 0.254 e. The molecule has 0 spiro atoms. The molecule has 6 heteroatoms. The van der Waals surface area contributed by atoms with E-state index in [1.165, 1.54) is 6.20 Å². The van der Waals surface area contributed by atoms with Crippen LogP contribution in [-0.2, 0) is 10.0 Å². The zero-order valence-corrected chi connectivity index (χ0v) is 14.3. The number of halogens is 2. The largest absolute Gasteiger partial charge is 0.405 e. The number of nitrogens with zero attached hydrogens (tertiary/aromatic N) is 1. The van der Waals surface area contributed by atoms with E-state index in [0.29, 0.717) is 11.4 Å². The smallest absolute Gasteiger partial charge is 0.254 e. The van der Waals surface area contributed by atoms with E-state index in [1.54, 1.807) is 12.1 Å². The third-order valence-corrected chi connectivity index (χ3v) is 9.11. The number of rotatable bonds is 3. The summed E-state index contributed by atoms with van der Waals surface area (Å²) >= 11 is 0. The first kappa shape index (κ1) is 16.4. The molecular weight excluding hydrogens is 290 g/mol. The molecule has 2 rings (SSSR count). The molecule has 0 amide bonds. The quantitative estimate of drug-likeness (QED) is 0.846. The Morgan fingerprint density at radius 1 is 1.24 bits per heavy atom. The molecule has 1 aliphatic rings. The van der Waals surface area contributed by atoms with Crippen LogP contribution in [0.5, 0.6) is 0 Å². The number of hydrogen-bond acceptors (Lipinski definition) is 3. The molecule has 1 saturated carbocycles. The third kappa shape index (κ3) is 3.11. The van der Waals surface area contributed by atoms with Crippen LogP contribution in [0.25, 0.3) is 0 Å². The fourth-order valence-corrected chi connectivity index (χ4v) is 3.94. The predicted octanol–water partition coefficient (Wildman–Crippen LogP) is 4.31. The van der Waals surface area contributed by atoms with E-state index in [9.17, 15) is 8.78 Å². The first-order valence-electron chi connectivity index (χ1n) is 7.17. The summed E-state index contributed by atoms with van der Waals surface area (Å²) in [4.78, 5) is 4.24. The van der Waals surface area contributed by atoms with Gasteiger partial charge in [0.25, 0.3) is 5.92 Å². The monoisotopic (exact) mass is 314 g/mol. The van der Waals surface area contributed by atoms with Gasteiger partial charge < -0.3 is 10.2 Å². The third-order valence-electron chi connectivity index (χ3n) is 4.60. The lowest BCUT2D eigenvalue weighted by Gasteiger charge is -2.52. The van der Waals surface area contributed by atoms with Crippen molar-refractivity contribution < 1.29 is 13.2 Å². The lowest BCUT2D eigenvalue weighted by atomic mass is 9.74. The van der Waals surface area contributed by atoms with Crippen LogP contribution in [0.4, 0.5) is 14.5 Å². The Bertz CT molecular complexity index is 515. The highest BCUT2D eigenvalue weighted by molar-refractivity contribution is 6.74. The fourth-order valence-electron chi connectivity index (χ4n) is 2.41. The minimum Gasteiger partial charge on any atom is -0.405 e. The van der Waals surface area contributed by atoms with Crippen LogP contribution in [0.3, 0.4) is 0 Å². The van der Waals surface area contributed by atoms with E-state index < -0.39 is 19.8 Å². The molecule has 2 N–H and O–H groups in total. The lowest BCUT2D eigenvalue weighted by molar-refractivity contribution is -0.204. The summed E-state index contributed by atoms with van der Waals surface area (Å²) in [5.74, 6) is -2.68. The molecule has 0 saturated heterocycles. The van der Waals surface area contributed by atoms with Crippen molar-refractivity contribution in [2.75, 3.05) is 5.73 Å². The van der Waals surface area contributed by atoms with Crippen LogP contribution >= 0.6 is 0 Å². The first-order valence-corrected chi connectivity index (χ1v) is 10.1. The van der Waals surface area contributed by atoms with E-state index in [-0.39, 0.29) is 17.9 Å². The molecule has 118 valence electrons. The average molecular weight is 314 g/mol. The van der Waals surface area contributed by atoms with Gasteiger partial charge in [0.2, 0.25) is 0 Å². The van der Waals surface area contributed by atoms with Gasteiger partial charge in [-0.15, -0.1) is 0 Å². The molecule has 0 aliphatic heterocycles. The van der Waals surface area contributed by atoms with Crippen molar-refractivity contribution in [2.45, 2.75) is 63.3 Å². The van der Waals surface area contributed by atoms with Gasteiger partial charge in [0.05, 0.1) is 17.6 Å². The van der Waals surface area contributed by atoms with E-state index in [2.05, 4.69) is 38.8 Å². The van der Waals surface area contributed by atoms with Gasteiger partial charge in [0.15, 0.2) is 8.32 Å². The van der Waals surface area contributed by atoms with Gasteiger partial charge in [-0.25, -0.2) is 8.78 Å². The summed E-state index contributed by atoms with van der Waals surface area (Å²) in [5.41, 5.74) is 5.75. The SMILES string of the molecule is CC(C)(C)[Si](C)(C)OC1(c2ccc(N)cn2)CC(F)(F)C1. The maximum atomic E-state index is 13.6. The highest BCUT2D eigenvalue weighted by Crippen LogP contribution is 2.56. The van der Waals surface area contributed by atoms with Gasteiger partial charge in [-0.1, -0.05) is 20.8 Å². The average Bonchev–Trinajstić information content (AvgIpc) is 2.24. The second-order valence-electron chi connectivity index (χ2n) is 7.54. The number of hydrogen-bond donors (Lipinski definition) is 1.